The number of rotatable bonds is 1. The molecule has 0 spiro atoms. The van der Waals surface area contributed by atoms with Gasteiger partial charge in [0.15, 0.2) is 0 Å². The van der Waals surface area contributed by atoms with E-state index in [0.717, 1.165) is 21.5 Å². The van der Waals surface area contributed by atoms with Crippen LogP contribution in [0.15, 0.2) is 66.7 Å². The molecule has 119 valence electrons. The molecule has 5 heteroatoms. The zero-order valence-electron chi connectivity index (χ0n) is 12.4. The van der Waals surface area contributed by atoms with Crippen molar-refractivity contribution in [3.8, 4) is 11.1 Å². The fourth-order valence-corrected chi connectivity index (χ4v) is 2.89. The maximum absolute atomic E-state index is 13.9. The maximum atomic E-state index is 13.9. The molecule has 0 bridgehead atoms. The maximum Gasteiger partial charge on any atom is 3.00 e. The summed E-state index contributed by atoms with van der Waals surface area (Å²) in [5.74, 6) is -1.07. The molecule has 0 saturated carbocycles. The summed E-state index contributed by atoms with van der Waals surface area (Å²) < 4.78 is 27.8. The van der Waals surface area contributed by atoms with E-state index in [-0.39, 0.29) is 56.6 Å². The van der Waals surface area contributed by atoms with Crippen molar-refractivity contribution in [1.82, 2.24) is 0 Å². The molecule has 0 unspecified atom stereocenters. The zero-order valence-corrected chi connectivity index (χ0v) is 16.3. The van der Waals surface area contributed by atoms with E-state index < -0.39 is 11.6 Å². The van der Waals surface area contributed by atoms with Crippen LogP contribution in [0.5, 0.6) is 0 Å². The number of fused-ring (bicyclic) bond motifs is 3. The Bertz CT molecular complexity index is 959. The minimum Gasteiger partial charge on any atom is -1.00 e. The van der Waals surface area contributed by atoms with Crippen molar-refractivity contribution in [2.24, 2.45) is 0 Å². The van der Waals surface area contributed by atoms with Crippen LogP contribution in [-0.4, -0.2) is 0 Å². The van der Waals surface area contributed by atoms with E-state index in [4.69, 9.17) is 0 Å². The van der Waals surface area contributed by atoms with Gasteiger partial charge in [-0.3, -0.25) is 0 Å². The van der Waals surface area contributed by atoms with Crippen LogP contribution < -0.4 is 24.8 Å². The van der Waals surface area contributed by atoms with Gasteiger partial charge in [-0.2, -0.15) is 0 Å². The van der Waals surface area contributed by atoms with E-state index in [0.29, 0.717) is 5.56 Å². The molecule has 0 nitrogen and oxygen atoms in total. The Labute approximate surface area is 170 Å². The summed E-state index contributed by atoms with van der Waals surface area (Å²) in [6.07, 6.45) is 0. The monoisotopic (exact) mass is 437 g/mol. The van der Waals surface area contributed by atoms with Gasteiger partial charge in [0.25, 0.3) is 0 Å². The van der Waals surface area contributed by atoms with Crippen LogP contribution in [0.3, 0.4) is 0 Å². The van der Waals surface area contributed by atoms with Gasteiger partial charge in [0, 0.05) is 5.56 Å². The van der Waals surface area contributed by atoms with Crippen LogP contribution in [0.1, 0.15) is 0 Å². The Hall–Kier alpha value is -1.15. The van der Waals surface area contributed by atoms with Crippen LogP contribution in [0.2, 0.25) is 0 Å². The van der Waals surface area contributed by atoms with E-state index in [9.17, 15) is 8.78 Å². The molecule has 4 aromatic carbocycles. The van der Waals surface area contributed by atoms with Gasteiger partial charge in [0.05, 0.1) is 0 Å². The number of halogens is 4. The van der Waals surface area contributed by atoms with Crippen LogP contribution in [0, 0.1) is 11.6 Å². The smallest absolute Gasteiger partial charge is 1.00 e. The summed E-state index contributed by atoms with van der Waals surface area (Å²) in [7, 11) is 0. The molecule has 4 aromatic rings. The Morgan fingerprint density at radius 2 is 1.29 bits per heavy atom. The normalized spacial score (nSPS) is 9.92. The third kappa shape index (κ3) is 3.44. The van der Waals surface area contributed by atoms with Gasteiger partial charge < -0.3 is 24.8 Å². The molecule has 4 rings (SSSR count). The third-order valence-corrected chi connectivity index (χ3v) is 3.86. The molecule has 0 N–H and O–H groups in total. The zero-order chi connectivity index (χ0) is 14.4. The van der Waals surface area contributed by atoms with Gasteiger partial charge in [-0.05, 0) is 17.7 Å². The molecular formula is C19H11Cl2F2Zr. The molecule has 0 atom stereocenters. The first kappa shape index (κ1) is 20.9. The van der Waals surface area contributed by atoms with E-state index in [1.165, 1.54) is 18.2 Å². The SMILES string of the molecule is Fc1cccc(F)c1-c1ccc2c(c1)[cH-]c1ccccc12.[Cl-].[Cl-].[Zr+3]. The van der Waals surface area contributed by atoms with Crippen LogP contribution >= 0.6 is 0 Å². The molecule has 0 heterocycles. The van der Waals surface area contributed by atoms with E-state index in [1.54, 1.807) is 6.07 Å². The first-order chi connectivity index (χ1) is 10.2. The Morgan fingerprint density at radius 3 is 2.00 bits per heavy atom. The topological polar surface area (TPSA) is 0 Å². The minimum atomic E-state index is -0.537. The molecule has 0 aliphatic carbocycles. The van der Waals surface area contributed by atoms with Gasteiger partial charge in [0.1, 0.15) is 11.6 Å². The van der Waals surface area contributed by atoms with Crippen molar-refractivity contribution < 1.29 is 59.8 Å². The van der Waals surface area contributed by atoms with Crippen LogP contribution in [0.25, 0.3) is 32.7 Å². The summed E-state index contributed by atoms with van der Waals surface area (Å²) in [4.78, 5) is 0. The average Bonchev–Trinajstić information content (AvgIpc) is 2.85. The molecule has 0 aliphatic rings. The number of benzene rings is 3. The predicted octanol–water partition coefficient (Wildman–Crippen LogP) is -0.337. The number of hydrogen-bond acceptors (Lipinski definition) is 0. The standard InChI is InChI=1S/C19H11F2.2ClH.Zr/c20-17-6-3-7-18(21)19(17)13-8-9-16-14(11-13)10-12-4-1-2-5-15(12)16;;;/h1-11H;2*1H;/q-1;;;+3/p-2. The Morgan fingerprint density at radius 1 is 0.667 bits per heavy atom. The van der Waals surface area contributed by atoms with Crippen LogP contribution in [-0.2, 0) is 26.2 Å². The molecule has 0 aliphatic heterocycles. The molecule has 1 radical (unpaired) electrons. The number of hydrogen-bond donors (Lipinski definition) is 0. The molecule has 0 saturated heterocycles. The minimum absolute atomic E-state index is 0. The second-order valence-corrected chi connectivity index (χ2v) is 5.13. The van der Waals surface area contributed by atoms with Gasteiger partial charge >= 0.3 is 26.2 Å². The largest absolute Gasteiger partial charge is 3.00 e. The molecular weight excluding hydrogens is 428 g/mol. The fourth-order valence-electron chi connectivity index (χ4n) is 2.89. The molecule has 0 aromatic heterocycles. The Balaban J connectivity index is 0.000000960. The third-order valence-electron chi connectivity index (χ3n) is 3.86. The van der Waals surface area contributed by atoms with E-state index >= 15 is 0 Å². The van der Waals surface area contributed by atoms with Crippen LogP contribution in [0.4, 0.5) is 8.78 Å². The van der Waals surface area contributed by atoms with Crippen molar-refractivity contribution in [3.05, 3.63) is 78.4 Å². The average molecular weight is 439 g/mol. The van der Waals surface area contributed by atoms with Gasteiger partial charge in [-0.15, -0.1) is 39.7 Å². The van der Waals surface area contributed by atoms with E-state index in [2.05, 4.69) is 6.07 Å². The predicted molar refractivity (Wildman–Crippen MR) is 82.4 cm³/mol. The fraction of sp³-hybridized carbons (Fsp3) is 0. The van der Waals surface area contributed by atoms with Gasteiger partial charge in [0.2, 0.25) is 0 Å². The van der Waals surface area contributed by atoms with Gasteiger partial charge in [-0.1, -0.05) is 36.4 Å². The summed E-state index contributed by atoms with van der Waals surface area (Å²) in [5.41, 5.74) is 0.595. The first-order valence-electron chi connectivity index (χ1n) is 6.76. The first-order valence-corrected chi connectivity index (χ1v) is 6.76. The molecule has 24 heavy (non-hydrogen) atoms. The van der Waals surface area contributed by atoms with E-state index in [1.807, 2.05) is 36.4 Å². The summed E-state index contributed by atoms with van der Waals surface area (Å²) in [6.45, 7) is 0. The van der Waals surface area contributed by atoms with Gasteiger partial charge in [-0.25, -0.2) is 8.78 Å². The summed E-state index contributed by atoms with van der Waals surface area (Å²) in [6, 6.07) is 19.6. The molecule has 0 amide bonds. The van der Waals surface area contributed by atoms with Crippen molar-refractivity contribution in [3.63, 3.8) is 0 Å². The van der Waals surface area contributed by atoms with Crippen molar-refractivity contribution in [1.29, 1.82) is 0 Å². The second-order valence-electron chi connectivity index (χ2n) is 5.13. The quantitative estimate of drug-likeness (QED) is 0.356. The summed E-state index contributed by atoms with van der Waals surface area (Å²) >= 11 is 0. The summed E-state index contributed by atoms with van der Waals surface area (Å²) in [5, 5.41) is 4.40. The van der Waals surface area contributed by atoms with Crippen molar-refractivity contribution in [2.75, 3.05) is 0 Å². The van der Waals surface area contributed by atoms with Crippen molar-refractivity contribution >= 4 is 21.5 Å². The molecule has 0 fully saturated rings. The Kier molecular flexibility index (Phi) is 7.22. The second kappa shape index (κ2) is 8.29. The van der Waals surface area contributed by atoms with Crippen molar-refractivity contribution in [2.45, 2.75) is 0 Å².